The van der Waals surface area contributed by atoms with Gasteiger partial charge in [-0.15, -0.1) is 0 Å². The molecule has 1 aromatic rings. The summed E-state index contributed by atoms with van der Waals surface area (Å²) in [6.07, 6.45) is 0. The van der Waals surface area contributed by atoms with Crippen LogP contribution in [-0.2, 0) is 6.54 Å². The molecule has 0 atom stereocenters. The van der Waals surface area contributed by atoms with E-state index < -0.39 is 0 Å². The monoisotopic (exact) mass is 218 g/mol. The molecule has 0 aliphatic carbocycles. The number of rotatable bonds is 4. The minimum Gasteiger partial charge on any atom is -0.479 e. The van der Waals surface area contributed by atoms with Gasteiger partial charge in [-0.1, -0.05) is 12.1 Å². The Morgan fingerprint density at radius 1 is 1.38 bits per heavy atom. The zero-order valence-corrected chi connectivity index (χ0v) is 10.1. The summed E-state index contributed by atoms with van der Waals surface area (Å²) in [5.74, 6) is 0.745. The third-order valence-electron chi connectivity index (χ3n) is 2.02. The van der Waals surface area contributed by atoms with Crippen LogP contribution in [0.5, 0.6) is 5.75 Å². The molecule has 0 fully saturated rings. The number of nitrogens with one attached hydrogen (secondary N) is 1. The van der Waals surface area contributed by atoms with Crippen LogP contribution in [0.3, 0.4) is 0 Å². The van der Waals surface area contributed by atoms with Gasteiger partial charge in [-0.05, 0) is 38.5 Å². The summed E-state index contributed by atoms with van der Waals surface area (Å²) in [5, 5.41) is 11.8. The molecule has 0 bridgehead atoms. The molecule has 1 aromatic carbocycles. The van der Waals surface area contributed by atoms with Gasteiger partial charge < -0.3 is 10.1 Å². The summed E-state index contributed by atoms with van der Waals surface area (Å²) in [4.78, 5) is 0. The third-order valence-corrected chi connectivity index (χ3v) is 2.02. The van der Waals surface area contributed by atoms with Crippen LogP contribution in [0.4, 0.5) is 0 Å². The average Bonchev–Trinajstić information content (AvgIpc) is 2.23. The Morgan fingerprint density at radius 2 is 2.12 bits per heavy atom. The van der Waals surface area contributed by atoms with Crippen LogP contribution in [0.2, 0.25) is 0 Å². The maximum absolute atomic E-state index is 8.42. The molecule has 0 radical (unpaired) electrons. The lowest BCUT2D eigenvalue weighted by atomic mass is 10.1. The summed E-state index contributed by atoms with van der Waals surface area (Å²) in [7, 11) is 0. The number of benzene rings is 1. The smallest absolute Gasteiger partial charge is 0.174 e. The molecule has 0 heterocycles. The number of hydrogen-bond acceptors (Lipinski definition) is 3. The van der Waals surface area contributed by atoms with Crippen LogP contribution in [-0.4, -0.2) is 12.1 Å². The Bertz CT molecular complexity index is 374. The first-order valence-electron chi connectivity index (χ1n) is 5.35. The predicted octanol–water partition coefficient (Wildman–Crippen LogP) is 2.48. The van der Waals surface area contributed by atoms with Gasteiger partial charge in [0, 0.05) is 12.1 Å². The van der Waals surface area contributed by atoms with Crippen molar-refractivity contribution in [1.29, 1.82) is 5.26 Å². The van der Waals surface area contributed by atoms with Crippen molar-refractivity contribution in [2.24, 2.45) is 0 Å². The minimum atomic E-state index is 0.0934. The Labute approximate surface area is 97.0 Å². The van der Waals surface area contributed by atoms with Gasteiger partial charge in [-0.2, -0.15) is 5.26 Å². The highest BCUT2D eigenvalue weighted by molar-refractivity contribution is 5.28. The highest BCUT2D eigenvalue weighted by atomic mass is 16.5. The Morgan fingerprint density at radius 3 is 2.75 bits per heavy atom. The lowest BCUT2D eigenvalue weighted by Crippen LogP contribution is -2.35. The molecule has 86 valence electrons. The summed E-state index contributed by atoms with van der Waals surface area (Å²) >= 11 is 0. The van der Waals surface area contributed by atoms with E-state index in [1.54, 1.807) is 0 Å². The predicted molar refractivity (Wildman–Crippen MR) is 64.1 cm³/mol. The molecule has 0 aromatic heterocycles. The molecule has 3 heteroatoms. The Kier molecular flexibility index (Phi) is 4.33. The quantitative estimate of drug-likeness (QED) is 0.844. The minimum absolute atomic E-state index is 0.0934. The van der Waals surface area contributed by atoms with Crippen LogP contribution in [0.25, 0.3) is 0 Å². The highest BCUT2D eigenvalue weighted by Crippen LogP contribution is 2.13. The van der Waals surface area contributed by atoms with Gasteiger partial charge in [0.2, 0.25) is 0 Å². The maximum atomic E-state index is 8.42. The molecule has 1 N–H and O–H groups in total. The Balaban J connectivity index is 2.57. The van der Waals surface area contributed by atoms with Crippen molar-refractivity contribution in [2.75, 3.05) is 6.61 Å². The van der Waals surface area contributed by atoms with Gasteiger partial charge in [0.25, 0.3) is 0 Å². The van der Waals surface area contributed by atoms with E-state index in [9.17, 15) is 0 Å². The highest BCUT2D eigenvalue weighted by Gasteiger charge is 2.08. The van der Waals surface area contributed by atoms with E-state index in [0.29, 0.717) is 0 Å². The van der Waals surface area contributed by atoms with Crippen molar-refractivity contribution >= 4 is 0 Å². The van der Waals surface area contributed by atoms with Crippen LogP contribution in [0.15, 0.2) is 24.3 Å². The second kappa shape index (κ2) is 5.53. The van der Waals surface area contributed by atoms with Gasteiger partial charge in [-0.25, -0.2) is 0 Å². The van der Waals surface area contributed by atoms with E-state index in [2.05, 4.69) is 26.1 Å². The maximum Gasteiger partial charge on any atom is 0.174 e. The normalized spacial score (nSPS) is 10.9. The van der Waals surface area contributed by atoms with E-state index in [1.807, 2.05) is 30.3 Å². The zero-order chi connectivity index (χ0) is 12.0. The van der Waals surface area contributed by atoms with Crippen molar-refractivity contribution in [1.82, 2.24) is 5.32 Å². The van der Waals surface area contributed by atoms with E-state index >= 15 is 0 Å². The van der Waals surface area contributed by atoms with Crippen molar-refractivity contribution in [3.63, 3.8) is 0 Å². The van der Waals surface area contributed by atoms with E-state index in [-0.39, 0.29) is 12.1 Å². The Hall–Kier alpha value is -1.53. The van der Waals surface area contributed by atoms with E-state index in [0.717, 1.165) is 17.9 Å². The van der Waals surface area contributed by atoms with E-state index in [4.69, 9.17) is 10.00 Å². The first-order valence-corrected chi connectivity index (χ1v) is 5.35. The second-order valence-electron chi connectivity index (χ2n) is 4.70. The van der Waals surface area contributed by atoms with Crippen LogP contribution >= 0.6 is 0 Å². The summed E-state index contributed by atoms with van der Waals surface area (Å²) in [6.45, 7) is 7.28. The fourth-order valence-electron chi connectivity index (χ4n) is 1.23. The molecule has 0 unspecified atom stereocenters. The zero-order valence-electron chi connectivity index (χ0n) is 10.1. The molecular weight excluding hydrogens is 200 g/mol. The topological polar surface area (TPSA) is 45.0 Å². The molecule has 16 heavy (non-hydrogen) atoms. The van der Waals surface area contributed by atoms with Crippen molar-refractivity contribution < 1.29 is 4.74 Å². The number of nitriles is 1. The fourth-order valence-corrected chi connectivity index (χ4v) is 1.23. The van der Waals surface area contributed by atoms with Crippen molar-refractivity contribution in [3.8, 4) is 11.8 Å². The van der Waals surface area contributed by atoms with Crippen LogP contribution in [0, 0.1) is 11.3 Å². The average molecular weight is 218 g/mol. The first-order chi connectivity index (χ1) is 7.51. The van der Waals surface area contributed by atoms with Crippen molar-refractivity contribution in [2.45, 2.75) is 32.9 Å². The number of ether oxygens (including phenoxy) is 1. The standard InChI is InChI=1S/C13H18N2O/c1-13(2,3)15-10-11-5-4-6-12(9-11)16-8-7-14/h4-6,9,15H,8,10H2,1-3H3. The van der Waals surface area contributed by atoms with Gasteiger partial charge in [-0.3, -0.25) is 0 Å². The largest absolute Gasteiger partial charge is 0.479 e. The fraction of sp³-hybridized carbons (Fsp3) is 0.462. The summed E-state index contributed by atoms with van der Waals surface area (Å²) in [6, 6.07) is 9.74. The molecule has 1 rings (SSSR count). The van der Waals surface area contributed by atoms with Gasteiger partial charge in [0.1, 0.15) is 11.8 Å². The lowest BCUT2D eigenvalue weighted by molar-refractivity contribution is 0.367. The van der Waals surface area contributed by atoms with E-state index in [1.165, 1.54) is 0 Å². The summed E-state index contributed by atoms with van der Waals surface area (Å²) < 4.78 is 5.24. The van der Waals surface area contributed by atoms with Crippen molar-refractivity contribution in [3.05, 3.63) is 29.8 Å². The lowest BCUT2D eigenvalue weighted by Gasteiger charge is -2.20. The van der Waals surface area contributed by atoms with Crippen LogP contribution < -0.4 is 10.1 Å². The number of hydrogen-bond donors (Lipinski definition) is 1. The SMILES string of the molecule is CC(C)(C)NCc1cccc(OCC#N)c1. The molecule has 0 saturated carbocycles. The third kappa shape index (κ3) is 4.81. The molecule has 0 spiro atoms. The molecule has 3 nitrogen and oxygen atoms in total. The molecule has 0 amide bonds. The number of nitrogens with zero attached hydrogens (tertiary/aromatic N) is 1. The van der Waals surface area contributed by atoms with Gasteiger partial charge in [0.05, 0.1) is 0 Å². The molecule has 0 aliphatic heterocycles. The first kappa shape index (κ1) is 12.5. The molecular formula is C13H18N2O. The van der Waals surface area contributed by atoms with Gasteiger partial charge >= 0.3 is 0 Å². The molecule has 0 aliphatic rings. The van der Waals surface area contributed by atoms with Crippen LogP contribution in [0.1, 0.15) is 26.3 Å². The summed E-state index contributed by atoms with van der Waals surface area (Å²) in [5.41, 5.74) is 1.26. The molecule has 0 saturated heterocycles. The second-order valence-corrected chi connectivity index (χ2v) is 4.70. The van der Waals surface area contributed by atoms with Gasteiger partial charge in [0.15, 0.2) is 6.61 Å².